The van der Waals surface area contributed by atoms with Crippen LogP contribution in [0.2, 0.25) is 0 Å². The van der Waals surface area contributed by atoms with Crippen molar-refractivity contribution in [2.24, 2.45) is 0 Å². The maximum absolute atomic E-state index is 12.8. The Bertz CT molecular complexity index is 433. The number of ether oxygens (including phenoxy) is 1. The molecule has 15 heavy (non-hydrogen) atoms. The molecule has 3 nitrogen and oxygen atoms in total. The highest BCUT2D eigenvalue weighted by molar-refractivity contribution is 5.26. The van der Waals surface area contributed by atoms with Crippen LogP contribution in [-0.2, 0) is 0 Å². The summed E-state index contributed by atoms with van der Waals surface area (Å²) in [5, 5.41) is 0. The molecule has 0 saturated carbocycles. The summed E-state index contributed by atoms with van der Waals surface area (Å²) >= 11 is 0. The zero-order valence-electron chi connectivity index (χ0n) is 7.52. The first-order valence-electron chi connectivity index (χ1n) is 4.15. The highest BCUT2D eigenvalue weighted by Gasteiger charge is 2.01. The van der Waals surface area contributed by atoms with E-state index in [9.17, 15) is 8.78 Å². The van der Waals surface area contributed by atoms with Gasteiger partial charge in [0.05, 0.1) is 6.07 Å². The molecular weight excluding hydrogens is 202 g/mol. The average molecular weight is 208 g/mol. The predicted molar refractivity (Wildman–Crippen MR) is 48.5 cm³/mol. The number of benzene rings is 1. The topological polar surface area (TPSA) is 35.0 Å². The minimum absolute atomic E-state index is 0.0353. The van der Waals surface area contributed by atoms with Gasteiger partial charge in [-0.05, 0) is 12.1 Å². The summed E-state index contributed by atoms with van der Waals surface area (Å²) < 4.78 is 30.5. The highest BCUT2D eigenvalue weighted by Crippen LogP contribution is 2.19. The molecule has 0 aliphatic carbocycles. The van der Waals surface area contributed by atoms with Crippen LogP contribution in [0.25, 0.3) is 0 Å². The lowest BCUT2D eigenvalue weighted by atomic mass is 10.3. The molecule has 0 saturated heterocycles. The van der Waals surface area contributed by atoms with Crippen molar-refractivity contribution in [1.82, 2.24) is 9.97 Å². The van der Waals surface area contributed by atoms with Gasteiger partial charge in [0, 0.05) is 6.07 Å². The summed E-state index contributed by atoms with van der Waals surface area (Å²) in [6.07, 6.45) is 1.03. The molecule has 1 aromatic carbocycles. The number of nitrogens with zero attached hydrogens (tertiary/aromatic N) is 2. The lowest BCUT2D eigenvalue weighted by Crippen LogP contribution is -1.91. The van der Waals surface area contributed by atoms with E-state index in [1.165, 1.54) is 18.2 Å². The third kappa shape index (κ3) is 2.46. The number of rotatable bonds is 2. The molecule has 0 atom stereocenters. The summed E-state index contributed by atoms with van der Waals surface area (Å²) in [6.45, 7) is 0. The first-order valence-corrected chi connectivity index (χ1v) is 4.15. The van der Waals surface area contributed by atoms with E-state index in [-0.39, 0.29) is 11.6 Å². The minimum Gasteiger partial charge on any atom is -0.439 e. The average Bonchev–Trinajstić information content (AvgIpc) is 2.17. The Morgan fingerprint density at radius 3 is 2.67 bits per heavy atom. The Labute approximate surface area is 84.4 Å². The summed E-state index contributed by atoms with van der Waals surface area (Å²) in [4.78, 5) is 6.94. The molecule has 0 N–H and O–H groups in total. The zero-order chi connectivity index (χ0) is 10.7. The third-order valence-electron chi connectivity index (χ3n) is 1.63. The summed E-state index contributed by atoms with van der Waals surface area (Å²) in [6, 6.07) is 6.52. The van der Waals surface area contributed by atoms with E-state index >= 15 is 0 Å². The largest absolute Gasteiger partial charge is 0.439 e. The Balaban J connectivity index is 2.22. The van der Waals surface area contributed by atoms with Crippen LogP contribution < -0.4 is 4.74 Å². The van der Waals surface area contributed by atoms with Crippen LogP contribution in [0.15, 0.2) is 36.7 Å². The Morgan fingerprint density at radius 1 is 1.07 bits per heavy atom. The van der Waals surface area contributed by atoms with Crippen molar-refractivity contribution in [3.05, 3.63) is 48.4 Å². The van der Waals surface area contributed by atoms with Crippen LogP contribution in [0.5, 0.6) is 11.6 Å². The second-order valence-electron chi connectivity index (χ2n) is 2.74. The predicted octanol–water partition coefficient (Wildman–Crippen LogP) is 2.55. The first kappa shape index (κ1) is 9.51. The second-order valence-corrected chi connectivity index (χ2v) is 2.74. The zero-order valence-corrected chi connectivity index (χ0v) is 7.52. The van der Waals surface area contributed by atoms with Crippen molar-refractivity contribution in [3.8, 4) is 11.6 Å². The van der Waals surface area contributed by atoms with E-state index in [1.807, 2.05) is 0 Å². The van der Waals surface area contributed by atoms with Gasteiger partial charge in [0.2, 0.25) is 11.8 Å². The van der Waals surface area contributed by atoms with Gasteiger partial charge < -0.3 is 4.74 Å². The molecule has 76 valence electrons. The van der Waals surface area contributed by atoms with Gasteiger partial charge in [0.15, 0.2) is 0 Å². The molecule has 0 bridgehead atoms. The normalized spacial score (nSPS) is 10.0. The standard InChI is InChI=1S/C10H6F2N2O/c11-7-2-1-3-8(4-7)15-10-5-9(12)13-6-14-10/h1-6H. The second kappa shape index (κ2) is 4.00. The molecule has 2 aromatic rings. The number of aromatic nitrogens is 2. The van der Waals surface area contributed by atoms with Crippen molar-refractivity contribution in [3.63, 3.8) is 0 Å². The molecule has 0 radical (unpaired) electrons. The van der Waals surface area contributed by atoms with Crippen molar-refractivity contribution in [2.75, 3.05) is 0 Å². The van der Waals surface area contributed by atoms with Gasteiger partial charge in [0.25, 0.3) is 0 Å². The molecule has 0 aliphatic rings. The summed E-state index contributed by atoms with van der Waals surface area (Å²) in [5.74, 6) is -0.834. The van der Waals surface area contributed by atoms with E-state index in [4.69, 9.17) is 4.74 Å². The monoisotopic (exact) mass is 208 g/mol. The van der Waals surface area contributed by atoms with Crippen molar-refractivity contribution in [1.29, 1.82) is 0 Å². The lowest BCUT2D eigenvalue weighted by molar-refractivity contribution is 0.446. The molecule has 1 aromatic heterocycles. The van der Waals surface area contributed by atoms with E-state index in [0.717, 1.165) is 12.4 Å². The van der Waals surface area contributed by atoms with E-state index in [1.54, 1.807) is 6.07 Å². The van der Waals surface area contributed by atoms with Crippen molar-refractivity contribution < 1.29 is 13.5 Å². The van der Waals surface area contributed by atoms with Gasteiger partial charge in [-0.2, -0.15) is 4.39 Å². The van der Waals surface area contributed by atoms with Gasteiger partial charge >= 0.3 is 0 Å². The first-order chi connectivity index (χ1) is 7.24. The molecular formula is C10H6F2N2O. The maximum Gasteiger partial charge on any atom is 0.225 e. The van der Waals surface area contributed by atoms with Gasteiger partial charge in [-0.15, -0.1) is 0 Å². The van der Waals surface area contributed by atoms with Crippen LogP contribution in [-0.4, -0.2) is 9.97 Å². The summed E-state index contributed by atoms with van der Waals surface area (Å²) in [5.41, 5.74) is 0. The Morgan fingerprint density at radius 2 is 1.93 bits per heavy atom. The molecule has 0 unspecified atom stereocenters. The fourth-order valence-corrected chi connectivity index (χ4v) is 1.02. The molecule has 0 aliphatic heterocycles. The molecule has 0 spiro atoms. The minimum atomic E-state index is -0.698. The Hall–Kier alpha value is -2.04. The van der Waals surface area contributed by atoms with Crippen LogP contribution in [0.1, 0.15) is 0 Å². The van der Waals surface area contributed by atoms with E-state index in [2.05, 4.69) is 9.97 Å². The number of halogens is 2. The number of hydrogen-bond acceptors (Lipinski definition) is 3. The third-order valence-corrected chi connectivity index (χ3v) is 1.63. The van der Waals surface area contributed by atoms with Crippen LogP contribution in [0.4, 0.5) is 8.78 Å². The van der Waals surface area contributed by atoms with Crippen molar-refractivity contribution in [2.45, 2.75) is 0 Å². The maximum atomic E-state index is 12.8. The quantitative estimate of drug-likeness (QED) is 0.711. The lowest BCUT2D eigenvalue weighted by Gasteiger charge is -2.03. The number of hydrogen-bond donors (Lipinski definition) is 0. The molecule has 0 amide bonds. The van der Waals surface area contributed by atoms with Crippen LogP contribution in [0, 0.1) is 11.8 Å². The van der Waals surface area contributed by atoms with Gasteiger partial charge in [-0.1, -0.05) is 6.07 Å². The van der Waals surface area contributed by atoms with E-state index in [0.29, 0.717) is 0 Å². The highest BCUT2D eigenvalue weighted by atomic mass is 19.1. The molecule has 1 heterocycles. The van der Waals surface area contributed by atoms with E-state index < -0.39 is 11.8 Å². The SMILES string of the molecule is Fc1cccc(Oc2cc(F)ncn2)c1. The van der Waals surface area contributed by atoms with Crippen LogP contribution >= 0.6 is 0 Å². The molecule has 0 fully saturated rings. The molecule has 2 rings (SSSR count). The van der Waals surface area contributed by atoms with Crippen molar-refractivity contribution >= 4 is 0 Å². The molecule has 5 heteroatoms. The summed E-state index contributed by atoms with van der Waals surface area (Å²) in [7, 11) is 0. The van der Waals surface area contributed by atoms with Gasteiger partial charge in [-0.3, -0.25) is 0 Å². The van der Waals surface area contributed by atoms with Crippen LogP contribution in [0.3, 0.4) is 0 Å². The smallest absolute Gasteiger partial charge is 0.225 e. The fraction of sp³-hybridized carbons (Fsp3) is 0. The van der Waals surface area contributed by atoms with Gasteiger partial charge in [0.1, 0.15) is 17.9 Å². The Kier molecular flexibility index (Phi) is 2.53. The van der Waals surface area contributed by atoms with Gasteiger partial charge in [-0.25, -0.2) is 14.4 Å². The fourth-order valence-electron chi connectivity index (χ4n) is 1.02.